The fraction of sp³-hybridized carbons (Fsp3) is 0.600. The largest absolute Gasteiger partial charge is 0.416 e. The van der Waals surface area contributed by atoms with Crippen molar-refractivity contribution in [2.24, 2.45) is 5.73 Å². The van der Waals surface area contributed by atoms with Gasteiger partial charge in [0.15, 0.2) is 0 Å². The van der Waals surface area contributed by atoms with E-state index in [9.17, 15) is 13.2 Å². The van der Waals surface area contributed by atoms with Gasteiger partial charge in [0.1, 0.15) is 0 Å². The molecular weight excluding hydrogens is 279 g/mol. The molecule has 1 aromatic rings. The molecular formula is C15H22F3N3. The Hall–Kier alpha value is -1.11. The van der Waals surface area contributed by atoms with Crippen molar-refractivity contribution in [3.8, 4) is 0 Å². The van der Waals surface area contributed by atoms with Gasteiger partial charge in [0, 0.05) is 25.2 Å². The summed E-state index contributed by atoms with van der Waals surface area (Å²) in [6, 6.07) is 5.43. The van der Waals surface area contributed by atoms with Crippen LogP contribution in [0.2, 0.25) is 0 Å². The van der Waals surface area contributed by atoms with Gasteiger partial charge in [-0.2, -0.15) is 13.2 Å². The summed E-state index contributed by atoms with van der Waals surface area (Å²) < 4.78 is 38.2. The highest BCUT2D eigenvalue weighted by molar-refractivity contribution is 5.28. The zero-order chi connectivity index (χ0) is 15.6. The lowest BCUT2D eigenvalue weighted by atomic mass is 10.0. The highest BCUT2D eigenvalue weighted by Crippen LogP contribution is 2.30. The van der Waals surface area contributed by atoms with Crippen LogP contribution in [0, 0.1) is 0 Å². The summed E-state index contributed by atoms with van der Waals surface area (Å²) in [5, 5.41) is 0. The second kappa shape index (κ2) is 6.34. The van der Waals surface area contributed by atoms with Gasteiger partial charge < -0.3 is 10.6 Å². The quantitative estimate of drug-likeness (QED) is 0.926. The first-order valence-electron chi connectivity index (χ1n) is 7.09. The Morgan fingerprint density at radius 2 is 2.10 bits per heavy atom. The lowest BCUT2D eigenvalue weighted by molar-refractivity contribution is -0.137. The van der Waals surface area contributed by atoms with Crippen LogP contribution >= 0.6 is 0 Å². The van der Waals surface area contributed by atoms with Gasteiger partial charge in [-0.25, -0.2) is 0 Å². The highest BCUT2D eigenvalue weighted by Gasteiger charge is 2.31. The molecule has 3 nitrogen and oxygen atoms in total. The van der Waals surface area contributed by atoms with E-state index in [1.807, 2.05) is 14.1 Å². The molecule has 2 N–H and O–H groups in total. The van der Waals surface area contributed by atoms with E-state index in [1.165, 1.54) is 6.07 Å². The van der Waals surface area contributed by atoms with Crippen molar-refractivity contribution in [1.29, 1.82) is 0 Å². The van der Waals surface area contributed by atoms with E-state index in [4.69, 9.17) is 5.73 Å². The van der Waals surface area contributed by atoms with Gasteiger partial charge in [-0.05, 0) is 44.8 Å². The smallest absolute Gasteiger partial charge is 0.323 e. The summed E-state index contributed by atoms with van der Waals surface area (Å²) in [6.07, 6.45) is -3.25. The van der Waals surface area contributed by atoms with Crippen molar-refractivity contribution in [3.63, 3.8) is 0 Å². The molecule has 0 saturated carbocycles. The van der Waals surface area contributed by atoms with Gasteiger partial charge in [-0.1, -0.05) is 12.1 Å². The predicted molar refractivity (Wildman–Crippen MR) is 76.9 cm³/mol. The summed E-state index contributed by atoms with van der Waals surface area (Å²) in [5.74, 6) is 0. The molecule has 1 saturated heterocycles. The van der Waals surface area contributed by atoms with E-state index in [2.05, 4.69) is 9.80 Å². The lowest BCUT2D eigenvalue weighted by Gasteiger charge is -2.23. The summed E-state index contributed by atoms with van der Waals surface area (Å²) in [5.41, 5.74) is 5.99. The van der Waals surface area contributed by atoms with E-state index in [-0.39, 0.29) is 0 Å². The van der Waals surface area contributed by atoms with Crippen LogP contribution in [0.15, 0.2) is 24.3 Å². The van der Waals surface area contributed by atoms with Crippen molar-refractivity contribution >= 4 is 0 Å². The summed E-state index contributed by atoms with van der Waals surface area (Å²) in [7, 11) is 4.09. The number of nitrogens with zero attached hydrogens (tertiary/aromatic N) is 2. The Labute approximate surface area is 123 Å². The Balaban J connectivity index is 1.99. The molecule has 2 atom stereocenters. The van der Waals surface area contributed by atoms with Crippen LogP contribution in [0.4, 0.5) is 13.2 Å². The highest BCUT2D eigenvalue weighted by atomic mass is 19.4. The van der Waals surface area contributed by atoms with Crippen LogP contribution < -0.4 is 5.73 Å². The van der Waals surface area contributed by atoms with Gasteiger partial charge in [0.25, 0.3) is 0 Å². The molecule has 1 aromatic carbocycles. The Bertz CT molecular complexity index is 473. The number of hydrogen-bond acceptors (Lipinski definition) is 3. The van der Waals surface area contributed by atoms with Crippen LogP contribution in [-0.2, 0) is 6.18 Å². The Morgan fingerprint density at radius 3 is 2.67 bits per heavy atom. The number of likely N-dealkylation sites (tertiary alicyclic amines) is 1. The molecule has 0 aliphatic carbocycles. The van der Waals surface area contributed by atoms with Crippen LogP contribution in [0.1, 0.15) is 23.6 Å². The van der Waals surface area contributed by atoms with Crippen LogP contribution in [0.25, 0.3) is 0 Å². The third kappa shape index (κ3) is 4.18. The van der Waals surface area contributed by atoms with Gasteiger partial charge in [0.05, 0.1) is 5.56 Å². The molecule has 118 valence electrons. The molecule has 0 radical (unpaired) electrons. The summed E-state index contributed by atoms with van der Waals surface area (Å²) in [6.45, 7) is 2.45. The zero-order valence-electron chi connectivity index (χ0n) is 12.4. The summed E-state index contributed by atoms with van der Waals surface area (Å²) >= 11 is 0. The van der Waals surface area contributed by atoms with Crippen molar-refractivity contribution in [2.75, 3.05) is 33.7 Å². The number of likely N-dealkylation sites (N-methyl/N-ethyl adjacent to an activating group) is 1. The molecule has 0 spiro atoms. The molecule has 1 aliphatic rings. The number of hydrogen-bond donors (Lipinski definition) is 1. The fourth-order valence-corrected chi connectivity index (χ4v) is 2.73. The van der Waals surface area contributed by atoms with Crippen molar-refractivity contribution in [2.45, 2.75) is 24.7 Å². The first kappa shape index (κ1) is 16.3. The van der Waals surface area contributed by atoms with E-state index >= 15 is 0 Å². The monoisotopic (exact) mass is 301 g/mol. The lowest BCUT2D eigenvalue weighted by Crippen LogP contribution is -2.35. The topological polar surface area (TPSA) is 32.5 Å². The third-order valence-corrected chi connectivity index (χ3v) is 4.07. The maximum absolute atomic E-state index is 12.7. The van der Waals surface area contributed by atoms with Gasteiger partial charge in [-0.3, -0.25) is 4.90 Å². The number of nitrogens with two attached hydrogens (primary N) is 1. The Kier molecular flexibility index (Phi) is 4.91. The van der Waals surface area contributed by atoms with E-state index < -0.39 is 17.8 Å². The number of benzene rings is 1. The standard InChI is InChI=1S/C15H22F3N3/c1-20(2)13-6-7-21(9-13)10-14(19)11-4-3-5-12(8-11)15(16,17)18/h3-5,8,13-14H,6-7,9-10,19H2,1-2H3. The normalized spacial score (nSPS) is 22.0. The molecule has 2 rings (SSSR count). The maximum Gasteiger partial charge on any atom is 0.416 e. The van der Waals surface area contributed by atoms with E-state index in [0.29, 0.717) is 18.2 Å². The number of halogens is 3. The van der Waals surface area contributed by atoms with Gasteiger partial charge in [-0.15, -0.1) is 0 Å². The molecule has 1 fully saturated rings. The van der Waals surface area contributed by atoms with E-state index in [0.717, 1.165) is 31.6 Å². The molecule has 0 amide bonds. The van der Waals surface area contributed by atoms with Crippen molar-refractivity contribution in [1.82, 2.24) is 9.80 Å². The molecule has 1 aliphatic heterocycles. The van der Waals surface area contributed by atoms with Gasteiger partial charge >= 0.3 is 6.18 Å². The first-order valence-corrected chi connectivity index (χ1v) is 7.09. The average Bonchev–Trinajstić information content (AvgIpc) is 2.86. The molecule has 0 aromatic heterocycles. The predicted octanol–water partition coefficient (Wildman–Crippen LogP) is 2.34. The second-order valence-electron chi connectivity index (χ2n) is 5.90. The van der Waals surface area contributed by atoms with Crippen LogP contribution in [0.3, 0.4) is 0 Å². The molecule has 21 heavy (non-hydrogen) atoms. The maximum atomic E-state index is 12.7. The SMILES string of the molecule is CN(C)C1CCN(CC(N)c2cccc(C(F)(F)F)c2)C1. The molecule has 1 heterocycles. The zero-order valence-corrected chi connectivity index (χ0v) is 12.4. The van der Waals surface area contributed by atoms with Crippen LogP contribution in [-0.4, -0.2) is 49.6 Å². The number of rotatable bonds is 4. The second-order valence-corrected chi connectivity index (χ2v) is 5.90. The van der Waals surface area contributed by atoms with E-state index in [1.54, 1.807) is 6.07 Å². The Morgan fingerprint density at radius 1 is 1.38 bits per heavy atom. The minimum Gasteiger partial charge on any atom is -0.323 e. The minimum atomic E-state index is -4.32. The van der Waals surface area contributed by atoms with Crippen molar-refractivity contribution < 1.29 is 13.2 Å². The molecule has 0 bridgehead atoms. The molecule has 6 heteroatoms. The minimum absolute atomic E-state index is 0.395. The summed E-state index contributed by atoms with van der Waals surface area (Å²) in [4.78, 5) is 4.39. The first-order chi connectivity index (χ1) is 9.77. The van der Waals surface area contributed by atoms with Crippen molar-refractivity contribution in [3.05, 3.63) is 35.4 Å². The molecule has 2 unspecified atom stereocenters. The number of alkyl halides is 3. The third-order valence-electron chi connectivity index (χ3n) is 4.07. The van der Waals surface area contributed by atoms with Gasteiger partial charge in [0.2, 0.25) is 0 Å². The fourth-order valence-electron chi connectivity index (χ4n) is 2.73. The van der Waals surface area contributed by atoms with Crippen LogP contribution in [0.5, 0.6) is 0 Å². The average molecular weight is 301 g/mol.